The molecule has 0 aromatic rings. The summed E-state index contributed by atoms with van der Waals surface area (Å²) in [6.07, 6.45) is 9.39. The van der Waals surface area contributed by atoms with Gasteiger partial charge in [-0.2, -0.15) is 0 Å². The lowest BCUT2D eigenvalue weighted by Gasteiger charge is -2.21. The highest BCUT2D eigenvalue weighted by Crippen LogP contribution is 2.25. The standard InChI is InChI=1S/C18H38O3/c1-15(12-19)7-5-4-6-8-18(11-17(3)14-21)10-9-16(2)13-20/h15-21H,4-14H2,1-3H3. The number of unbranched alkanes of at least 4 members (excludes halogenated alkanes) is 2. The molecule has 3 N–H and O–H groups in total. The first-order chi connectivity index (χ1) is 10.0. The third kappa shape index (κ3) is 12.1. The monoisotopic (exact) mass is 302 g/mol. The molecule has 3 heteroatoms. The van der Waals surface area contributed by atoms with Gasteiger partial charge in [0.2, 0.25) is 0 Å². The maximum atomic E-state index is 9.24. The number of rotatable bonds is 14. The Morgan fingerprint density at radius 2 is 1.10 bits per heavy atom. The molecule has 3 nitrogen and oxygen atoms in total. The first kappa shape index (κ1) is 20.9. The van der Waals surface area contributed by atoms with Gasteiger partial charge < -0.3 is 15.3 Å². The molecule has 0 aromatic carbocycles. The first-order valence-corrected chi connectivity index (χ1v) is 8.85. The van der Waals surface area contributed by atoms with Crippen molar-refractivity contribution in [3.63, 3.8) is 0 Å². The van der Waals surface area contributed by atoms with Crippen LogP contribution in [0.5, 0.6) is 0 Å². The van der Waals surface area contributed by atoms with Crippen molar-refractivity contribution in [3.8, 4) is 0 Å². The quantitative estimate of drug-likeness (QED) is 0.430. The Hall–Kier alpha value is -0.120. The Morgan fingerprint density at radius 3 is 1.67 bits per heavy atom. The van der Waals surface area contributed by atoms with Crippen LogP contribution in [0.2, 0.25) is 0 Å². The molecule has 0 saturated heterocycles. The van der Waals surface area contributed by atoms with Gasteiger partial charge in [-0.3, -0.25) is 0 Å². The van der Waals surface area contributed by atoms with E-state index in [-0.39, 0.29) is 13.2 Å². The summed E-state index contributed by atoms with van der Waals surface area (Å²) in [4.78, 5) is 0. The summed E-state index contributed by atoms with van der Waals surface area (Å²) < 4.78 is 0. The maximum absolute atomic E-state index is 9.24. The van der Waals surface area contributed by atoms with Gasteiger partial charge in [0.1, 0.15) is 0 Å². The minimum atomic E-state index is 0.278. The molecule has 0 fully saturated rings. The van der Waals surface area contributed by atoms with Crippen LogP contribution >= 0.6 is 0 Å². The van der Waals surface area contributed by atoms with Crippen molar-refractivity contribution in [2.24, 2.45) is 23.7 Å². The van der Waals surface area contributed by atoms with Crippen LogP contribution in [0, 0.1) is 23.7 Å². The lowest BCUT2D eigenvalue weighted by atomic mass is 9.86. The van der Waals surface area contributed by atoms with Crippen molar-refractivity contribution in [1.82, 2.24) is 0 Å². The SMILES string of the molecule is CC(CO)CCCCCC(CCC(C)CO)CC(C)CO. The predicted octanol–water partition coefficient (Wildman–Crippen LogP) is 3.61. The van der Waals surface area contributed by atoms with E-state index in [0.29, 0.717) is 30.3 Å². The normalized spacial score (nSPS) is 17.4. The van der Waals surface area contributed by atoms with Gasteiger partial charge in [0.25, 0.3) is 0 Å². The Balaban J connectivity index is 3.92. The summed E-state index contributed by atoms with van der Waals surface area (Å²) in [5, 5.41) is 27.4. The molecule has 0 spiro atoms. The molecule has 0 rings (SSSR count). The highest BCUT2D eigenvalue weighted by molar-refractivity contribution is 4.66. The second kappa shape index (κ2) is 13.5. The molecule has 128 valence electrons. The van der Waals surface area contributed by atoms with Crippen LogP contribution in [-0.4, -0.2) is 35.1 Å². The van der Waals surface area contributed by atoms with Crippen molar-refractivity contribution < 1.29 is 15.3 Å². The average molecular weight is 302 g/mol. The van der Waals surface area contributed by atoms with Crippen LogP contribution in [0.4, 0.5) is 0 Å². The number of aliphatic hydroxyl groups is 3. The van der Waals surface area contributed by atoms with E-state index in [0.717, 1.165) is 19.3 Å². The molecule has 0 amide bonds. The molecule has 4 atom stereocenters. The van der Waals surface area contributed by atoms with Crippen molar-refractivity contribution in [2.45, 2.75) is 72.1 Å². The zero-order chi connectivity index (χ0) is 16.1. The summed E-state index contributed by atoms with van der Waals surface area (Å²) >= 11 is 0. The van der Waals surface area contributed by atoms with Crippen LogP contribution in [-0.2, 0) is 0 Å². The van der Waals surface area contributed by atoms with Gasteiger partial charge in [0.05, 0.1) is 0 Å². The molecule has 0 heterocycles. The van der Waals surface area contributed by atoms with E-state index in [1.165, 1.54) is 32.1 Å². The summed E-state index contributed by atoms with van der Waals surface area (Å²) in [5.41, 5.74) is 0. The van der Waals surface area contributed by atoms with E-state index >= 15 is 0 Å². The van der Waals surface area contributed by atoms with E-state index in [1.54, 1.807) is 0 Å². The summed E-state index contributed by atoms with van der Waals surface area (Å²) in [5.74, 6) is 1.88. The molecule has 0 aliphatic carbocycles. The van der Waals surface area contributed by atoms with Gasteiger partial charge in [-0.1, -0.05) is 52.9 Å². The van der Waals surface area contributed by atoms with E-state index in [2.05, 4.69) is 20.8 Å². The van der Waals surface area contributed by atoms with E-state index < -0.39 is 0 Å². The zero-order valence-electron chi connectivity index (χ0n) is 14.4. The first-order valence-electron chi connectivity index (χ1n) is 8.85. The third-order valence-electron chi connectivity index (χ3n) is 4.55. The highest BCUT2D eigenvalue weighted by Gasteiger charge is 2.14. The molecule has 0 radical (unpaired) electrons. The lowest BCUT2D eigenvalue weighted by Crippen LogP contribution is -2.12. The maximum Gasteiger partial charge on any atom is 0.0456 e. The molecule has 0 bridgehead atoms. The molecular formula is C18H38O3. The minimum absolute atomic E-state index is 0.278. The van der Waals surface area contributed by atoms with Gasteiger partial charge in [-0.25, -0.2) is 0 Å². The number of hydrogen-bond acceptors (Lipinski definition) is 3. The summed E-state index contributed by atoms with van der Waals surface area (Å²) in [6.45, 7) is 7.17. The van der Waals surface area contributed by atoms with Crippen LogP contribution in [0.15, 0.2) is 0 Å². The molecule has 0 aliphatic rings. The van der Waals surface area contributed by atoms with Crippen molar-refractivity contribution >= 4 is 0 Å². The van der Waals surface area contributed by atoms with Gasteiger partial charge in [-0.05, 0) is 42.9 Å². The smallest absolute Gasteiger partial charge is 0.0456 e. The van der Waals surface area contributed by atoms with Crippen molar-refractivity contribution in [3.05, 3.63) is 0 Å². The Bertz CT molecular complexity index is 221. The Morgan fingerprint density at radius 1 is 0.571 bits per heavy atom. The predicted molar refractivity (Wildman–Crippen MR) is 89.2 cm³/mol. The lowest BCUT2D eigenvalue weighted by molar-refractivity contribution is 0.189. The van der Waals surface area contributed by atoms with Crippen LogP contribution in [0.25, 0.3) is 0 Å². The fourth-order valence-electron chi connectivity index (χ4n) is 2.83. The zero-order valence-corrected chi connectivity index (χ0v) is 14.4. The fraction of sp³-hybridized carbons (Fsp3) is 1.00. The largest absolute Gasteiger partial charge is 0.396 e. The van der Waals surface area contributed by atoms with Gasteiger partial charge >= 0.3 is 0 Å². The number of hydrogen-bond donors (Lipinski definition) is 3. The van der Waals surface area contributed by atoms with Gasteiger partial charge in [0, 0.05) is 19.8 Å². The van der Waals surface area contributed by atoms with Crippen LogP contribution in [0.1, 0.15) is 72.1 Å². The van der Waals surface area contributed by atoms with E-state index in [9.17, 15) is 5.11 Å². The van der Waals surface area contributed by atoms with Crippen molar-refractivity contribution in [1.29, 1.82) is 0 Å². The summed E-state index contributed by atoms with van der Waals surface area (Å²) in [7, 11) is 0. The van der Waals surface area contributed by atoms with Crippen molar-refractivity contribution in [2.75, 3.05) is 19.8 Å². The van der Waals surface area contributed by atoms with Crippen LogP contribution in [0.3, 0.4) is 0 Å². The van der Waals surface area contributed by atoms with Crippen LogP contribution < -0.4 is 0 Å². The topological polar surface area (TPSA) is 60.7 Å². The molecule has 0 aliphatic heterocycles. The molecular weight excluding hydrogens is 264 g/mol. The average Bonchev–Trinajstić information content (AvgIpc) is 2.50. The fourth-order valence-corrected chi connectivity index (χ4v) is 2.83. The summed E-state index contributed by atoms with van der Waals surface area (Å²) in [6, 6.07) is 0. The molecule has 0 saturated carbocycles. The molecule has 4 unspecified atom stereocenters. The molecule has 21 heavy (non-hydrogen) atoms. The van der Waals surface area contributed by atoms with E-state index in [4.69, 9.17) is 10.2 Å². The van der Waals surface area contributed by atoms with Gasteiger partial charge in [-0.15, -0.1) is 0 Å². The third-order valence-corrected chi connectivity index (χ3v) is 4.55. The van der Waals surface area contributed by atoms with E-state index in [1.807, 2.05) is 0 Å². The van der Waals surface area contributed by atoms with Gasteiger partial charge in [0.15, 0.2) is 0 Å². The minimum Gasteiger partial charge on any atom is -0.396 e. The Labute approximate surface area is 131 Å². The highest BCUT2D eigenvalue weighted by atomic mass is 16.3. The molecule has 0 aromatic heterocycles. The number of aliphatic hydroxyl groups excluding tert-OH is 3. The second-order valence-electron chi connectivity index (χ2n) is 7.18. The second-order valence-corrected chi connectivity index (χ2v) is 7.18. The Kier molecular flexibility index (Phi) is 13.5.